The Kier molecular flexibility index (Phi) is 6.40. The summed E-state index contributed by atoms with van der Waals surface area (Å²) in [5.74, 6) is 0.300. The van der Waals surface area contributed by atoms with Gasteiger partial charge in [0, 0.05) is 38.8 Å². The van der Waals surface area contributed by atoms with Gasteiger partial charge in [0.05, 0.1) is 4.90 Å². The minimum Gasteiger partial charge on any atom is -0.370 e. The van der Waals surface area contributed by atoms with Crippen LogP contribution in [0.4, 0.5) is 5.82 Å². The summed E-state index contributed by atoms with van der Waals surface area (Å²) in [4.78, 5) is 15.2. The molecule has 0 atom stereocenters. The fraction of sp³-hybridized carbons (Fsp3) is 0.500. The first-order valence-electron chi connectivity index (χ1n) is 6.39. The van der Waals surface area contributed by atoms with Crippen molar-refractivity contribution in [2.24, 2.45) is 0 Å². The van der Waals surface area contributed by atoms with E-state index in [1.807, 2.05) is 6.92 Å². The molecule has 0 aliphatic rings. The SMILES string of the molecule is CCCNc1cc(S(=O)(=O)NCCC(=O)NC)ccn1. The van der Waals surface area contributed by atoms with E-state index in [9.17, 15) is 13.2 Å². The molecule has 8 heteroatoms. The zero-order chi connectivity index (χ0) is 15.0. The third-order valence-corrected chi connectivity index (χ3v) is 3.98. The van der Waals surface area contributed by atoms with E-state index in [2.05, 4.69) is 20.3 Å². The number of nitrogens with zero attached hydrogens (tertiary/aromatic N) is 1. The summed E-state index contributed by atoms with van der Waals surface area (Å²) in [6.07, 6.45) is 2.45. The van der Waals surface area contributed by atoms with Crippen LogP contribution in [0.3, 0.4) is 0 Å². The minimum absolute atomic E-state index is 0.0576. The Labute approximate surface area is 119 Å². The average Bonchev–Trinajstić information content (AvgIpc) is 2.45. The van der Waals surface area contributed by atoms with Crippen LogP contribution in [0.1, 0.15) is 19.8 Å². The standard InChI is InChI=1S/C12H20N4O3S/c1-3-6-14-11-9-10(4-7-15-11)20(18,19)16-8-5-12(17)13-2/h4,7,9,16H,3,5-6,8H2,1-2H3,(H,13,17)(H,14,15). The van der Waals surface area contributed by atoms with E-state index in [4.69, 9.17) is 0 Å². The highest BCUT2D eigenvalue weighted by Gasteiger charge is 2.14. The summed E-state index contributed by atoms with van der Waals surface area (Å²) in [7, 11) is -2.12. The van der Waals surface area contributed by atoms with Gasteiger partial charge in [0.2, 0.25) is 15.9 Å². The van der Waals surface area contributed by atoms with E-state index in [0.717, 1.165) is 13.0 Å². The van der Waals surface area contributed by atoms with Crippen molar-refractivity contribution >= 4 is 21.7 Å². The highest BCUT2D eigenvalue weighted by Crippen LogP contribution is 2.12. The van der Waals surface area contributed by atoms with E-state index < -0.39 is 10.0 Å². The molecule has 0 saturated carbocycles. The second-order valence-corrected chi connectivity index (χ2v) is 5.89. The first-order chi connectivity index (χ1) is 9.49. The predicted molar refractivity (Wildman–Crippen MR) is 76.9 cm³/mol. The van der Waals surface area contributed by atoms with E-state index in [1.54, 1.807) is 0 Å². The highest BCUT2D eigenvalue weighted by atomic mass is 32.2. The third kappa shape index (κ3) is 5.14. The quantitative estimate of drug-likeness (QED) is 0.642. The van der Waals surface area contributed by atoms with Gasteiger partial charge in [-0.05, 0) is 12.5 Å². The van der Waals surface area contributed by atoms with E-state index in [0.29, 0.717) is 5.82 Å². The molecule has 20 heavy (non-hydrogen) atoms. The van der Waals surface area contributed by atoms with E-state index in [1.165, 1.54) is 25.4 Å². The van der Waals surface area contributed by atoms with Crippen molar-refractivity contribution in [1.82, 2.24) is 15.0 Å². The fourth-order valence-corrected chi connectivity index (χ4v) is 2.48. The van der Waals surface area contributed by atoms with Crippen molar-refractivity contribution in [2.45, 2.75) is 24.7 Å². The Bertz CT molecular complexity index is 545. The highest BCUT2D eigenvalue weighted by molar-refractivity contribution is 7.89. The summed E-state index contributed by atoms with van der Waals surface area (Å²) in [5, 5.41) is 5.45. The maximum Gasteiger partial charge on any atom is 0.240 e. The molecule has 1 rings (SSSR count). The number of amides is 1. The van der Waals surface area contributed by atoms with E-state index in [-0.39, 0.29) is 23.8 Å². The third-order valence-electron chi connectivity index (χ3n) is 2.52. The van der Waals surface area contributed by atoms with Gasteiger partial charge in [0.15, 0.2) is 0 Å². The van der Waals surface area contributed by atoms with Gasteiger partial charge in [-0.1, -0.05) is 6.92 Å². The van der Waals surface area contributed by atoms with Crippen LogP contribution in [0, 0.1) is 0 Å². The Morgan fingerprint density at radius 2 is 2.10 bits per heavy atom. The lowest BCUT2D eigenvalue weighted by molar-refractivity contribution is -0.120. The Morgan fingerprint density at radius 1 is 1.35 bits per heavy atom. The number of nitrogens with one attached hydrogen (secondary N) is 3. The maximum atomic E-state index is 12.0. The summed E-state index contributed by atoms with van der Waals surface area (Å²) >= 11 is 0. The van der Waals surface area contributed by atoms with Crippen molar-refractivity contribution in [1.29, 1.82) is 0 Å². The minimum atomic E-state index is -3.62. The smallest absolute Gasteiger partial charge is 0.240 e. The molecule has 7 nitrogen and oxygen atoms in total. The molecule has 0 aliphatic carbocycles. The zero-order valence-electron chi connectivity index (χ0n) is 11.6. The van der Waals surface area contributed by atoms with Crippen LogP contribution in [0.5, 0.6) is 0 Å². The number of anilines is 1. The first-order valence-corrected chi connectivity index (χ1v) is 7.88. The molecule has 1 heterocycles. The Balaban J connectivity index is 2.69. The van der Waals surface area contributed by atoms with Crippen molar-refractivity contribution < 1.29 is 13.2 Å². The number of carbonyl (C=O) groups excluding carboxylic acids is 1. The van der Waals surface area contributed by atoms with Gasteiger partial charge >= 0.3 is 0 Å². The van der Waals surface area contributed by atoms with Gasteiger partial charge in [-0.3, -0.25) is 4.79 Å². The maximum absolute atomic E-state index is 12.0. The molecular formula is C12H20N4O3S. The largest absolute Gasteiger partial charge is 0.370 e. The van der Waals surface area contributed by atoms with Crippen LogP contribution in [-0.2, 0) is 14.8 Å². The molecule has 1 aromatic heterocycles. The van der Waals surface area contributed by atoms with Crippen LogP contribution in [0.2, 0.25) is 0 Å². The Hall–Kier alpha value is -1.67. The molecule has 0 unspecified atom stereocenters. The number of hydrogen-bond acceptors (Lipinski definition) is 5. The van der Waals surface area contributed by atoms with Crippen molar-refractivity contribution in [3.05, 3.63) is 18.3 Å². The summed E-state index contributed by atoms with van der Waals surface area (Å²) in [6.45, 7) is 2.79. The molecule has 0 saturated heterocycles. The second-order valence-electron chi connectivity index (χ2n) is 4.12. The predicted octanol–water partition coefficient (Wildman–Crippen LogP) is 0.318. The molecule has 112 valence electrons. The molecule has 0 spiro atoms. The number of pyridine rings is 1. The van der Waals surface area contributed by atoms with E-state index >= 15 is 0 Å². The normalized spacial score (nSPS) is 11.1. The molecule has 0 aromatic carbocycles. The average molecular weight is 300 g/mol. The van der Waals surface area contributed by atoms with Crippen LogP contribution in [0.15, 0.2) is 23.2 Å². The fourth-order valence-electron chi connectivity index (χ4n) is 1.44. The van der Waals surface area contributed by atoms with Gasteiger partial charge in [-0.15, -0.1) is 0 Å². The van der Waals surface area contributed by atoms with Crippen LogP contribution in [0.25, 0.3) is 0 Å². The first kappa shape index (κ1) is 16.4. The van der Waals surface area contributed by atoms with Crippen molar-refractivity contribution in [2.75, 3.05) is 25.5 Å². The summed E-state index contributed by atoms with van der Waals surface area (Å²) in [5.41, 5.74) is 0. The van der Waals surface area contributed by atoms with Gasteiger partial charge in [0.25, 0.3) is 0 Å². The van der Waals surface area contributed by atoms with Crippen LogP contribution in [-0.4, -0.2) is 39.4 Å². The van der Waals surface area contributed by atoms with Gasteiger partial charge < -0.3 is 10.6 Å². The molecule has 0 radical (unpaired) electrons. The molecule has 0 fully saturated rings. The lowest BCUT2D eigenvalue weighted by atomic mass is 10.4. The molecule has 1 aromatic rings. The second kappa shape index (κ2) is 7.81. The molecule has 0 aliphatic heterocycles. The topological polar surface area (TPSA) is 100 Å². The Morgan fingerprint density at radius 3 is 2.75 bits per heavy atom. The van der Waals surface area contributed by atoms with Crippen LogP contribution < -0.4 is 15.4 Å². The monoisotopic (exact) mass is 300 g/mol. The summed E-state index contributed by atoms with van der Waals surface area (Å²) in [6, 6.07) is 2.89. The lowest BCUT2D eigenvalue weighted by Crippen LogP contribution is -2.29. The summed E-state index contributed by atoms with van der Waals surface area (Å²) < 4.78 is 26.4. The molecule has 1 amide bonds. The molecule has 0 bridgehead atoms. The lowest BCUT2D eigenvalue weighted by Gasteiger charge is -2.08. The molecular weight excluding hydrogens is 280 g/mol. The van der Waals surface area contributed by atoms with Gasteiger partial charge in [0.1, 0.15) is 5.82 Å². The van der Waals surface area contributed by atoms with Crippen molar-refractivity contribution in [3.63, 3.8) is 0 Å². The number of sulfonamides is 1. The number of hydrogen-bond donors (Lipinski definition) is 3. The number of rotatable bonds is 8. The van der Waals surface area contributed by atoms with Gasteiger partial charge in [-0.25, -0.2) is 18.1 Å². The number of carbonyl (C=O) groups is 1. The zero-order valence-corrected chi connectivity index (χ0v) is 12.5. The number of aromatic nitrogens is 1. The van der Waals surface area contributed by atoms with Crippen LogP contribution >= 0.6 is 0 Å². The molecule has 3 N–H and O–H groups in total. The van der Waals surface area contributed by atoms with Crippen molar-refractivity contribution in [3.8, 4) is 0 Å². The van der Waals surface area contributed by atoms with Gasteiger partial charge in [-0.2, -0.15) is 0 Å².